The topological polar surface area (TPSA) is 345 Å². The molecule has 2 aliphatic carbocycles. The molecule has 6 aromatic carbocycles. The van der Waals surface area contributed by atoms with Gasteiger partial charge in [-0.3, -0.25) is 49.4 Å². The number of carbonyl (C=O) groups is 2. The number of nitrogens with one attached hydrogen (secondary N) is 4. The van der Waals surface area contributed by atoms with Crippen molar-refractivity contribution in [1.82, 2.24) is 49.0 Å². The maximum atomic E-state index is 14.1. The van der Waals surface area contributed by atoms with Gasteiger partial charge in [-0.05, 0) is 171 Å². The number of rotatable bonds is 24. The number of pyridine rings is 2. The molecule has 0 radical (unpaired) electrons. The van der Waals surface area contributed by atoms with E-state index in [1.54, 1.807) is 60.9 Å². The Labute approximate surface area is 766 Å². The number of allylic oxidation sites excluding steroid dienone is 2. The van der Waals surface area contributed by atoms with Gasteiger partial charge in [0.05, 0.1) is 92.9 Å². The van der Waals surface area contributed by atoms with Crippen molar-refractivity contribution in [2.24, 2.45) is 22.7 Å². The number of nitro groups is 2. The molecule has 0 unspecified atom stereocenters. The number of halogens is 2. The molecule has 18 rings (SSSR count). The van der Waals surface area contributed by atoms with E-state index in [1.807, 2.05) is 50.2 Å². The predicted octanol–water partition coefficient (Wildman–Crippen LogP) is 16.2. The van der Waals surface area contributed by atoms with Crippen LogP contribution in [0.4, 0.5) is 22.7 Å². The van der Waals surface area contributed by atoms with E-state index in [-0.39, 0.29) is 93.6 Å². The lowest BCUT2D eigenvalue weighted by Crippen LogP contribution is -2.47. The smallest absolute Gasteiger partial charge is 0.277 e. The molecule has 10 aromatic rings. The van der Waals surface area contributed by atoms with Crippen LogP contribution in [0.5, 0.6) is 34.5 Å². The zero-order valence-electron chi connectivity index (χ0n) is 73.7. The van der Waals surface area contributed by atoms with Gasteiger partial charge in [-0.25, -0.2) is 36.2 Å². The van der Waals surface area contributed by atoms with E-state index < -0.39 is 51.5 Å². The lowest BCUT2D eigenvalue weighted by molar-refractivity contribution is -0.386. The zero-order valence-corrected chi connectivity index (χ0v) is 76.8. The highest BCUT2D eigenvalue weighted by atomic mass is 35.5. The first kappa shape index (κ1) is 90.9. The molecule has 10 heterocycles. The molecule has 8 aliphatic rings. The predicted molar refractivity (Wildman–Crippen MR) is 499 cm³/mol. The van der Waals surface area contributed by atoms with Gasteiger partial charge in [0.2, 0.25) is 0 Å². The third kappa shape index (κ3) is 21.4. The minimum Gasteiger partial charge on any atom is -0.493 e. The number of anilines is 2. The number of sulfonamides is 2. The van der Waals surface area contributed by atoms with Crippen LogP contribution in [0, 0.1) is 42.9 Å². The molecule has 0 spiro atoms. The quantitative estimate of drug-likeness (QED) is 0.0322. The number of piperazine rings is 2. The molecule has 130 heavy (non-hydrogen) atoms. The molecule has 2 amide bonds. The fourth-order valence-electron chi connectivity index (χ4n) is 19.1. The van der Waals surface area contributed by atoms with Crippen molar-refractivity contribution in [3.8, 4) is 34.5 Å². The molecule has 6 aliphatic heterocycles. The fraction of sp³-hybridized carbons (Fsp3) is 0.417. The van der Waals surface area contributed by atoms with Gasteiger partial charge >= 0.3 is 0 Å². The Bertz CT molecular complexity index is 5880. The summed E-state index contributed by atoms with van der Waals surface area (Å²) in [7, 11) is -9.27. The van der Waals surface area contributed by atoms with E-state index in [1.165, 1.54) is 57.9 Å². The molecule has 30 nitrogen and oxygen atoms in total. The number of fused-ring (bicyclic) bond motifs is 4. The molecular formula is C96H108Cl2N14O16S2. The van der Waals surface area contributed by atoms with Crippen molar-refractivity contribution >= 4 is 111 Å². The molecule has 4 fully saturated rings. The zero-order chi connectivity index (χ0) is 90.9. The number of morpholine rings is 2. The Hall–Kier alpha value is -11.0. The lowest BCUT2D eigenvalue weighted by Gasteiger charge is -2.39. The van der Waals surface area contributed by atoms with E-state index in [0.29, 0.717) is 73.1 Å². The van der Waals surface area contributed by atoms with Gasteiger partial charge in [0, 0.05) is 198 Å². The Balaban J connectivity index is 0.000000182. The average Bonchev–Trinajstić information content (AvgIpc) is 0.815. The van der Waals surface area contributed by atoms with Crippen LogP contribution in [-0.2, 0) is 42.4 Å². The third-order valence-electron chi connectivity index (χ3n) is 26.1. The number of hydrogen-bond donors (Lipinski definition) is 4. The van der Waals surface area contributed by atoms with E-state index in [9.17, 15) is 46.7 Å². The Morgan fingerprint density at radius 1 is 0.523 bits per heavy atom. The standard InChI is InChI=1S/2C48H54ClN7O8S/c2*1-31-27-54(18-19-62-31)28-32-20-41-43(56(58)59)23-39(24-44(41)63-30-32)65(60,61)52-47(57)40-9-8-37(22-45(40)64-38-21-34-11-13-50-46(34)51-26-38)55-16-14-53(15-17-55)29-35-10-12-48(2,3)25-42(35)33-4-6-36(49)7-5-33/h2*4-9,11,13,21-24,26,31-32H,10,12,14-20,25,27-30H2,1-3H3,(H,50,51)(H,52,57)/t31-,32+;31-,32-/m10/s1. The molecule has 4 aromatic heterocycles. The number of carbonyl (C=O) groups excluding carboxylic acids is 2. The SMILES string of the molecule is C[C@@H]1CN(C[C@H]2COc3cc(S(=O)(=O)NC(=O)c4ccc(N5CCN(CC6=C(c7ccc(Cl)cc7)CC(C)(C)CC6)CC5)cc4Oc4cnc5[nH]ccc5c4)cc([N+](=O)[O-])c3C2)CCO1.C[C@H]1CN(C[C@H]2COc3cc(S(=O)(=O)NC(=O)c4ccc(N5CCN(CC6=C(c7ccc(Cl)cc7)CC(C)(C)CC6)CC5)cc4Oc4cnc5[nH]ccc5c4)cc([N+](=O)[O-])c3C2)CCO1. The monoisotopic (exact) mass is 1850 g/mol. The van der Waals surface area contributed by atoms with Gasteiger partial charge in [-0.1, -0.05) is 86.3 Å². The molecule has 34 heteroatoms. The second kappa shape index (κ2) is 38.4. The van der Waals surface area contributed by atoms with E-state index in [0.717, 1.165) is 174 Å². The Kier molecular flexibility index (Phi) is 26.9. The average molecular weight is 1850 g/mol. The van der Waals surface area contributed by atoms with Gasteiger partial charge in [0.1, 0.15) is 45.8 Å². The maximum Gasteiger partial charge on any atom is 0.277 e. The summed E-state index contributed by atoms with van der Waals surface area (Å²) in [4.78, 5) is 79.8. The first-order valence-corrected chi connectivity index (χ1v) is 48.1. The Morgan fingerprint density at radius 2 is 0.923 bits per heavy atom. The number of ether oxygens (including phenoxy) is 6. The fourth-order valence-corrected chi connectivity index (χ4v) is 21.4. The van der Waals surface area contributed by atoms with Crippen LogP contribution in [0.3, 0.4) is 0 Å². The molecular weight excluding hydrogens is 1740 g/mol. The molecule has 0 saturated carbocycles. The first-order valence-electron chi connectivity index (χ1n) is 44.4. The second-order valence-corrected chi connectivity index (χ2v) is 41.2. The lowest BCUT2D eigenvalue weighted by atomic mass is 9.72. The highest BCUT2D eigenvalue weighted by Crippen LogP contribution is 2.47. The third-order valence-corrected chi connectivity index (χ3v) is 29.2. The van der Waals surface area contributed by atoms with Crippen molar-refractivity contribution in [3.63, 3.8) is 0 Å². The molecule has 0 bridgehead atoms. The van der Waals surface area contributed by atoms with Crippen molar-refractivity contribution < 1.29 is 64.7 Å². The minimum atomic E-state index is -4.63. The maximum absolute atomic E-state index is 14.1. The van der Waals surface area contributed by atoms with E-state index >= 15 is 0 Å². The summed E-state index contributed by atoms with van der Waals surface area (Å²) in [6.45, 7) is 27.3. The summed E-state index contributed by atoms with van der Waals surface area (Å²) in [6, 6.07) is 38.3. The van der Waals surface area contributed by atoms with Gasteiger partial charge in [0.25, 0.3) is 43.2 Å². The highest BCUT2D eigenvalue weighted by Gasteiger charge is 2.39. The summed E-state index contributed by atoms with van der Waals surface area (Å²) in [6.07, 6.45) is 13.8. The summed E-state index contributed by atoms with van der Waals surface area (Å²) in [5, 5.41) is 27.8. The number of H-pyrrole nitrogens is 2. The van der Waals surface area contributed by atoms with Gasteiger partial charge in [-0.15, -0.1) is 0 Å². The molecule has 4 N–H and O–H groups in total. The molecule has 4 saturated heterocycles. The minimum absolute atomic E-state index is 0.0342. The highest BCUT2D eigenvalue weighted by molar-refractivity contribution is 7.90. The van der Waals surface area contributed by atoms with Crippen LogP contribution in [0.15, 0.2) is 179 Å². The van der Waals surface area contributed by atoms with Crippen molar-refractivity contribution in [1.29, 1.82) is 0 Å². The first-order chi connectivity index (χ1) is 62.3. The normalized spacial score (nSPS) is 20.6. The van der Waals surface area contributed by atoms with E-state index in [2.05, 4.69) is 111 Å². The number of nitro benzene ring substituents is 2. The van der Waals surface area contributed by atoms with Gasteiger partial charge in [-0.2, -0.15) is 0 Å². The van der Waals surface area contributed by atoms with Crippen LogP contribution < -0.4 is 38.2 Å². The van der Waals surface area contributed by atoms with Gasteiger partial charge in [0.15, 0.2) is 0 Å². The van der Waals surface area contributed by atoms with Crippen molar-refractivity contribution in [2.45, 2.75) is 115 Å². The summed E-state index contributed by atoms with van der Waals surface area (Å²) in [5.41, 5.74) is 11.4. The number of hydrogen-bond acceptors (Lipinski definition) is 24. The number of nitrogens with zero attached hydrogens (tertiary/aromatic N) is 10. The summed E-state index contributed by atoms with van der Waals surface area (Å²) < 4.78 is 96.1. The van der Waals surface area contributed by atoms with Crippen molar-refractivity contribution in [3.05, 3.63) is 233 Å². The van der Waals surface area contributed by atoms with Crippen LogP contribution in [0.2, 0.25) is 10.0 Å². The van der Waals surface area contributed by atoms with Crippen LogP contribution in [-0.4, -0.2) is 221 Å². The Morgan fingerprint density at radius 3 is 1.31 bits per heavy atom. The van der Waals surface area contributed by atoms with Crippen LogP contribution in [0.1, 0.15) is 123 Å². The number of aromatic nitrogens is 4. The van der Waals surface area contributed by atoms with Crippen molar-refractivity contribution in [2.75, 3.05) is 141 Å². The largest absolute Gasteiger partial charge is 0.493 e. The number of amides is 2. The van der Waals surface area contributed by atoms with Crippen LogP contribution in [0.25, 0.3) is 33.2 Å². The van der Waals surface area contributed by atoms with E-state index in [4.69, 9.17) is 51.6 Å². The molecule has 4 atom stereocenters. The molecule has 684 valence electrons. The number of benzene rings is 6. The van der Waals surface area contributed by atoms with Crippen LogP contribution >= 0.6 is 23.2 Å². The summed E-state index contributed by atoms with van der Waals surface area (Å²) in [5.74, 6) is -0.832. The second-order valence-electron chi connectivity index (χ2n) is 37.0. The van der Waals surface area contributed by atoms with Gasteiger partial charge < -0.3 is 48.2 Å². The number of aromatic amines is 2. The summed E-state index contributed by atoms with van der Waals surface area (Å²) >= 11 is 12.5.